The Morgan fingerprint density at radius 3 is 2.54 bits per heavy atom. The lowest BCUT2D eigenvalue weighted by Gasteiger charge is -2.10. The second-order valence-electron chi connectivity index (χ2n) is 5.49. The summed E-state index contributed by atoms with van der Waals surface area (Å²) in [7, 11) is 3.69. The average molecular weight is 391 g/mol. The summed E-state index contributed by atoms with van der Waals surface area (Å²) < 4.78 is 0.880. The summed E-state index contributed by atoms with van der Waals surface area (Å²) in [6.07, 6.45) is 3.85. The minimum Gasteiger partial charge on any atom is -0.387 e. The van der Waals surface area contributed by atoms with Crippen molar-refractivity contribution >= 4 is 27.9 Å². The molecule has 24 heavy (non-hydrogen) atoms. The highest BCUT2D eigenvalue weighted by atomic mass is 79.9. The van der Waals surface area contributed by atoms with Crippen LogP contribution in [0.2, 0.25) is 0 Å². The van der Waals surface area contributed by atoms with E-state index < -0.39 is 0 Å². The molecule has 1 aromatic carbocycles. The third-order valence-electron chi connectivity index (χ3n) is 3.43. The van der Waals surface area contributed by atoms with E-state index >= 15 is 0 Å². The zero-order chi connectivity index (χ0) is 17.9. The van der Waals surface area contributed by atoms with Crippen LogP contribution in [0.1, 0.15) is 25.0 Å². The van der Waals surface area contributed by atoms with Gasteiger partial charge in [-0.2, -0.15) is 0 Å². The Hall–Kier alpha value is -1.72. The molecule has 1 aromatic rings. The monoisotopic (exact) mass is 390 g/mol. The molecule has 0 aliphatic carbocycles. The van der Waals surface area contributed by atoms with Crippen LogP contribution in [0.5, 0.6) is 0 Å². The fourth-order valence-corrected chi connectivity index (χ4v) is 2.41. The summed E-state index contributed by atoms with van der Waals surface area (Å²) in [6, 6.07) is 8.28. The average Bonchev–Trinajstić information content (AvgIpc) is 2.55. The number of aryl methyl sites for hydroxylation is 1. The Bertz CT molecular complexity index is 657. The topological polar surface area (TPSA) is 48.8 Å². The van der Waals surface area contributed by atoms with Gasteiger partial charge in [0.1, 0.15) is 0 Å². The van der Waals surface area contributed by atoms with E-state index in [1.54, 1.807) is 13.3 Å². The Morgan fingerprint density at radius 2 is 1.92 bits per heavy atom. The molecule has 0 radical (unpaired) electrons. The number of nitrogens with one attached hydrogen (secondary N) is 2. The summed E-state index contributed by atoms with van der Waals surface area (Å²) in [5, 5.41) is 6.52. The maximum absolute atomic E-state index is 4.82. The quantitative estimate of drug-likeness (QED) is 0.523. The van der Waals surface area contributed by atoms with Crippen molar-refractivity contribution in [2.45, 2.75) is 20.8 Å². The van der Waals surface area contributed by atoms with E-state index in [9.17, 15) is 0 Å². The van der Waals surface area contributed by atoms with Gasteiger partial charge in [0, 0.05) is 37.6 Å². The number of nitrogens with zero attached hydrogens (tertiary/aromatic N) is 2. The van der Waals surface area contributed by atoms with Gasteiger partial charge < -0.3 is 10.6 Å². The Labute approximate surface area is 154 Å². The van der Waals surface area contributed by atoms with Crippen molar-refractivity contribution in [2.75, 3.05) is 27.2 Å². The van der Waals surface area contributed by atoms with Crippen molar-refractivity contribution in [3.63, 3.8) is 0 Å². The number of hydrogen-bond donors (Lipinski definition) is 2. The molecular formula is C19H27BrN4. The summed E-state index contributed by atoms with van der Waals surface area (Å²) >= 11 is 3.52. The molecule has 0 saturated heterocycles. The van der Waals surface area contributed by atoms with Crippen LogP contribution in [0.15, 0.2) is 56.2 Å². The summed E-state index contributed by atoms with van der Waals surface area (Å²) in [4.78, 5) is 8.85. The van der Waals surface area contributed by atoms with Gasteiger partial charge in [0.05, 0.1) is 15.9 Å². The first-order valence-electron chi connectivity index (χ1n) is 7.99. The van der Waals surface area contributed by atoms with Gasteiger partial charge in [-0.25, -0.2) is 0 Å². The van der Waals surface area contributed by atoms with Gasteiger partial charge in [-0.1, -0.05) is 24.3 Å². The van der Waals surface area contributed by atoms with Crippen molar-refractivity contribution in [1.29, 1.82) is 0 Å². The van der Waals surface area contributed by atoms with E-state index in [2.05, 4.69) is 63.6 Å². The van der Waals surface area contributed by atoms with Crippen molar-refractivity contribution in [2.24, 2.45) is 9.98 Å². The number of allylic oxidation sites excluding steroid dienone is 4. The van der Waals surface area contributed by atoms with Crippen molar-refractivity contribution in [3.05, 3.63) is 57.3 Å². The van der Waals surface area contributed by atoms with Gasteiger partial charge in [-0.3, -0.25) is 9.98 Å². The lowest BCUT2D eigenvalue weighted by molar-refractivity contribution is 0.718. The van der Waals surface area contributed by atoms with Gasteiger partial charge in [0.2, 0.25) is 0 Å². The van der Waals surface area contributed by atoms with Crippen LogP contribution in [0, 0.1) is 6.92 Å². The highest BCUT2D eigenvalue weighted by Gasteiger charge is 2.06. The molecule has 0 spiro atoms. The highest BCUT2D eigenvalue weighted by molar-refractivity contribution is 9.12. The van der Waals surface area contributed by atoms with Crippen LogP contribution in [0.4, 0.5) is 0 Å². The van der Waals surface area contributed by atoms with Gasteiger partial charge in [-0.15, -0.1) is 0 Å². The van der Waals surface area contributed by atoms with Crippen molar-refractivity contribution in [1.82, 2.24) is 10.6 Å². The normalized spacial score (nSPS) is 14.1. The molecule has 0 aliphatic rings. The molecular weight excluding hydrogens is 364 g/mol. The molecule has 0 bridgehead atoms. The molecule has 0 aromatic heterocycles. The smallest absolute Gasteiger partial charge is 0.0725 e. The number of benzene rings is 1. The fraction of sp³-hybridized carbons (Fsp3) is 0.368. The molecule has 0 saturated carbocycles. The first-order chi connectivity index (χ1) is 11.5. The van der Waals surface area contributed by atoms with Crippen LogP contribution in [-0.4, -0.2) is 39.1 Å². The molecule has 0 aliphatic heterocycles. The molecule has 0 heterocycles. The first kappa shape index (κ1) is 20.3. The summed E-state index contributed by atoms with van der Waals surface area (Å²) in [6.45, 7) is 7.93. The zero-order valence-electron chi connectivity index (χ0n) is 15.2. The van der Waals surface area contributed by atoms with Gasteiger partial charge >= 0.3 is 0 Å². The minimum absolute atomic E-state index is 0.876. The molecule has 5 heteroatoms. The predicted molar refractivity (Wildman–Crippen MR) is 109 cm³/mol. The summed E-state index contributed by atoms with van der Waals surface area (Å²) in [5.41, 5.74) is 5.23. The maximum Gasteiger partial charge on any atom is 0.0725 e. The van der Waals surface area contributed by atoms with Crippen molar-refractivity contribution < 1.29 is 0 Å². The second kappa shape index (κ2) is 10.9. The van der Waals surface area contributed by atoms with Gasteiger partial charge in [0.25, 0.3) is 0 Å². The Morgan fingerprint density at radius 1 is 1.21 bits per heavy atom. The molecule has 1 rings (SSSR count). The second-order valence-corrected chi connectivity index (χ2v) is 6.34. The highest BCUT2D eigenvalue weighted by Crippen LogP contribution is 2.16. The van der Waals surface area contributed by atoms with Gasteiger partial charge in [0.15, 0.2) is 0 Å². The van der Waals surface area contributed by atoms with Crippen LogP contribution >= 0.6 is 15.9 Å². The van der Waals surface area contributed by atoms with Crippen LogP contribution in [0.3, 0.4) is 0 Å². The SMILES string of the molecule is CN=C/C(Br)=C(C)/N=C(\C=C(/C)NCCNC)c1ccccc1C. The largest absolute Gasteiger partial charge is 0.387 e. The Kier molecular flexibility index (Phi) is 9.27. The number of rotatable bonds is 8. The molecule has 0 amide bonds. The molecule has 0 atom stereocenters. The number of aliphatic imine (C=N–C) groups is 2. The molecule has 0 fully saturated rings. The van der Waals surface area contributed by atoms with Gasteiger partial charge in [-0.05, 0) is 55.4 Å². The molecule has 130 valence electrons. The van der Waals surface area contributed by atoms with Crippen molar-refractivity contribution in [3.8, 4) is 0 Å². The fourth-order valence-electron chi connectivity index (χ4n) is 2.11. The summed E-state index contributed by atoms with van der Waals surface area (Å²) in [5.74, 6) is 0. The number of halogens is 1. The van der Waals surface area contributed by atoms with E-state index in [4.69, 9.17) is 4.99 Å². The number of hydrogen-bond acceptors (Lipinski definition) is 4. The van der Waals surface area contributed by atoms with E-state index in [1.807, 2.05) is 26.1 Å². The standard InChI is InChI=1S/C19H27BrN4/c1-14-8-6-7-9-17(14)19(12-15(2)23-11-10-21-4)24-16(3)18(20)13-22-5/h6-9,12-13,21,23H,10-11H2,1-5H3/b15-12+,18-16-,22-13?,24-19+. The molecule has 0 unspecified atom stereocenters. The van der Waals surface area contributed by atoms with E-state index in [0.29, 0.717) is 0 Å². The van der Waals surface area contributed by atoms with E-state index in [0.717, 1.165) is 40.2 Å². The molecule has 4 nitrogen and oxygen atoms in total. The third kappa shape index (κ3) is 6.81. The van der Waals surface area contributed by atoms with Crippen LogP contribution in [0.25, 0.3) is 0 Å². The van der Waals surface area contributed by atoms with E-state index in [-0.39, 0.29) is 0 Å². The van der Waals surface area contributed by atoms with Crippen LogP contribution in [-0.2, 0) is 0 Å². The first-order valence-corrected chi connectivity index (χ1v) is 8.79. The van der Waals surface area contributed by atoms with E-state index in [1.165, 1.54) is 5.56 Å². The predicted octanol–water partition coefficient (Wildman–Crippen LogP) is 3.82. The molecule has 2 N–H and O–H groups in total. The maximum atomic E-state index is 4.82. The lowest BCUT2D eigenvalue weighted by atomic mass is 10.0. The number of likely N-dealkylation sites (N-methyl/N-ethyl adjacent to an activating group) is 1. The van der Waals surface area contributed by atoms with Crippen LogP contribution < -0.4 is 10.6 Å². The third-order valence-corrected chi connectivity index (χ3v) is 4.21. The minimum atomic E-state index is 0.876. The Balaban J connectivity index is 3.25. The lowest BCUT2D eigenvalue weighted by Crippen LogP contribution is -2.24. The zero-order valence-corrected chi connectivity index (χ0v) is 16.7.